The summed E-state index contributed by atoms with van der Waals surface area (Å²) in [6.45, 7) is 0. The van der Waals surface area contributed by atoms with Gasteiger partial charge >= 0.3 is 0 Å². The van der Waals surface area contributed by atoms with Crippen molar-refractivity contribution in [2.45, 2.75) is 0 Å². The molecule has 0 bridgehead atoms. The third kappa shape index (κ3) is 3.21. The zero-order valence-electron chi connectivity index (χ0n) is 30.5. The maximum Gasteiger partial charge on any atom is 0.264 e. The number of nitrogens with zero attached hydrogens (tertiary/aromatic N) is 4. The van der Waals surface area contributed by atoms with E-state index in [4.69, 9.17) is 9.97 Å². The molecular weight excluding hydrogens is 713 g/mol. The first-order valence-corrected chi connectivity index (χ1v) is 19.6. The summed E-state index contributed by atoms with van der Waals surface area (Å²) in [5, 5.41) is 19.7. The van der Waals surface area contributed by atoms with Gasteiger partial charge in [0.2, 0.25) is 0 Å². The van der Waals surface area contributed by atoms with Crippen molar-refractivity contribution in [2.75, 3.05) is 0 Å². The smallest absolute Gasteiger partial charge is 0.264 e. The first-order chi connectivity index (χ1) is 28.6. The maximum atomic E-state index is 14.8. The lowest BCUT2D eigenvalue weighted by atomic mass is 9.86. The highest BCUT2D eigenvalue weighted by atomic mass is 16.1. The number of pyridine rings is 2. The molecule has 0 unspecified atom stereocenters. The fraction of sp³-hybridized carbons (Fsp3) is 0. The molecule has 0 aliphatic carbocycles. The van der Waals surface area contributed by atoms with Crippen molar-refractivity contribution < 1.29 is 0 Å². The van der Waals surface area contributed by atoms with Gasteiger partial charge in [-0.2, -0.15) is 0 Å². The number of hydrogen-bond donors (Lipinski definition) is 0. The van der Waals surface area contributed by atoms with Crippen LogP contribution >= 0.6 is 0 Å². The second-order valence-corrected chi connectivity index (χ2v) is 15.9. The van der Waals surface area contributed by atoms with Gasteiger partial charge in [-0.05, 0) is 102 Å². The summed E-state index contributed by atoms with van der Waals surface area (Å²) in [4.78, 5) is 40.5. The van der Waals surface area contributed by atoms with Crippen LogP contribution in [-0.2, 0) is 0 Å². The van der Waals surface area contributed by atoms with Crippen LogP contribution in [0.4, 0.5) is 0 Å². The monoisotopic (exact) mass is 736 g/mol. The van der Waals surface area contributed by atoms with Gasteiger partial charge < -0.3 is 0 Å². The van der Waals surface area contributed by atoms with Crippen LogP contribution in [0.3, 0.4) is 0 Å². The van der Waals surface area contributed by atoms with Crippen LogP contribution in [0.15, 0.2) is 155 Å². The van der Waals surface area contributed by atoms with Gasteiger partial charge in [-0.15, -0.1) is 0 Å². The summed E-state index contributed by atoms with van der Waals surface area (Å²) in [5.74, 6) is 0. The lowest BCUT2D eigenvalue weighted by Gasteiger charge is -2.20. The van der Waals surface area contributed by atoms with Gasteiger partial charge in [0, 0.05) is 53.9 Å². The van der Waals surface area contributed by atoms with E-state index in [0.29, 0.717) is 22.1 Å². The predicted octanol–water partition coefficient (Wildman–Crippen LogP) is 11.9. The highest BCUT2D eigenvalue weighted by Gasteiger charge is 2.25. The van der Waals surface area contributed by atoms with E-state index < -0.39 is 0 Å². The van der Waals surface area contributed by atoms with Crippen molar-refractivity contribution in [3.63, 3.8) is 0 Å². The van der Waals surface area contributed by atoms with Crippen LogP contribution in [-0.4, -0.2) is 18.8 Å². The standard InChI is InChI=1S/C52H24N4O2/c57-51-37-21-17-33-32-16-20-36-46-38(52(58)56-40-14-6-10-28-24-26-8-2-4-12-30(26)48(42(28)40)54-50(36)56)22-18-34(44(32)46)31-15-19-35(45(37)43(31)33)49-53-47-29-11-3-1-7-25(29)23-27-9-5-13-39(41(27)47)55(49)51/h1-24H. The van der Waals surface area contributed by atoms with Crippen LogP contribution in [0.2, 0.25) is 0 Å². The van der Waals surface area contributed by atoms with Crippen molar-refractivity contribution in [1.29, 1.82) is 0 Å². The summed E-state index contributed by atoms with van der Waals surface area (Å²) in [7, 11) is 0. The molecule has 264 valence electrons. The molecule has 0 aliphatic rings. The molecule has 0 spiro atoms. The molecular formula is C52H24N4O2. The summed E-state index contributed by atoms with van der Waals surface area (Å²) in [6.07, 6.45) is 0. The molecule has 0 saturated heterocycles. The first kappa shape index (κ1) is 29.3. The molecule has 0 saturated carbocycles. The number of hydrogen-bond acceptors (Lipinski definition) is 4. The molecule has 4 heterocycles. The topological polar surface area (TPSA) is 68.7 Å². The van der Waals surface area contributed by atoms with E-state index in [0.717, 1.165) is 119 Å². The summed E-state index contributed by atoms with van der Waals surface area (Å²) >= 11 is 0. The normalized spacial score (nSPS) is 13.0. The Hall–Kier alpha value is -7.96. The Bertz CT molecular complexity index is 4230. The Kier molecular flexibility index (Phi) is 4.91. The van der Waals surface area contributed by atoms with E-state index in [1.54, 1.807) is 0 Å². The number of aromatic nitrogens is 4. The molecule has 6 heteroatoms. The van der Waals surface area contributed by atoms with E-state index in [2.05, 4.69) is 97.1 Å². The van der Waals surface area contributed by atoms with Gasteiger partial charge in [0.05, 0.1) is 22.1 Å². The van der Waals surface area contributed by atoms with Crippen molar-refractivity contribution in [3.05, 3.63) is 166 Å². The highest BCUT2D eigenvalue weighted by Crippen LogP contribution is 2.46. The molecule has 0 amide bonds. The average molecular weight is 737 g/mol. The van der Waals surface area contributed by atoms with Crippen LogP contribution < -0.4 is 11.1 Å². The highest BCUT2D eigenvalue weighted by molar-refractivity contribution is 6.41. The molecule has 0 atom stereocenters. The van der Waals surface area contributed by atoms with Gasteiger partial charge in [-0.25, -0.2) is 9.97 Å². The second-order valence-electron chi connectivity index (χ2n) is 15.9. The van der Waals surface area contributed by atoms with Gasteiger partial charge in [-0.1, -0.05) is 97.1 Å². The lowest BCUT2D eigenvalue weighted by molar-refractivity contribution is 1.15. The molecule has 15 rings (SSSR count). The molecule has 0 radical (unpaired) electrons. The zero-order valence-corrected chi connectivity index (χ0v) is 30.5. The van der Waals surface area contributed by atoms with Crippen LogP contribution in [0.5, 0.6) is 0 Å². The fourth-order valence-electron chi connectivity index (χ4n) is 10.9. The van der Waals surface area contributed by atoms with Crippen molar-refractivity contribution in [2.24, 2.45) is 0 Å². The summed E-state index contributed by atoms with van der Waals surface area (Å²) < 4.78 is 3.63. The van der Waals surface area contributed by atoms with E-state index in [9.17, 15) is 9.59 Å². The molecule has 15 aromatic rings. The van der Waals surface area contributed by atoms with Gasteiger partial charge in [0.25, 0.3) is 11.1 Å². The predicted molar refractivity (Wildman–Crippen MR) is 240 cm³/mol. The number of benzene rings is 11. The van der Waals surface area contributed by atoms with Crippen LogP contribution in [0.1, 0.15) is 0 Å². The summed E-state index contributed by atoms with van der Waals surface area (Å²) in [6, 6.07) is 50.2. The molecule has 0 fully saturated rings. The van der Waals surface area contributed by atoms with E-state index in [1.807, 2.05) is 57.3 Å². The van der Waals surface area contributed by atoms with Crippen LogP contribution in [0, 0.1) is 0 Å². The van der Waals surface area contributed by atoms with Crippen molar-refractivity contribution in [3.8, 4) is 0 Å². The molecule has 58 heavy (non-hydrogen) atoms. The largest absolute Gasteiger partial charge is 0.268 e. The third-order valence-electron chi connectivity index (χ3n) is 13.3. The minimum atomic E-state index is -0.0823. The van der Waals surface area contributed by atoms with Gasteiger partial charge in [0.1, 0.15) is 11.3 Å². The molecule has 6 nitrogen and oxygen atoms in total. The first-order valence-electron chi connectivity index (χ1n) is 19.6. The Balaban J connectivity index is 1.13. The molecule has 11 aromatic carbocycles. The second kappa shape index (κ2) is 9.70. The average Bonchev–Trinajstić information content (AvgIpc) is 3.26. The summed E-state index contributed by atoms with van der Waals surface area (Å²) in [5.41, 5.74) is 4.64. The number of rotatable bonds is 0. The lowest BCUT2D eigenvalue weighted by Crippen LogP contribution is -2.17. The van der Waals surface area contributed by atoms with E-state index in [-0.39, 0.29) is 11.1 Å². The Labute approximate surface area is 325 Å². The zero-order chi connectivity index (χ0) is 37.7. The van der Waals surface area contributed by atoms with Crippen molar-refractivity contribution in [1.82, 2.24) is 18.8 Å². The van der Waals surface area contributed by atoms with E-state index >= 15 is 0 Å². The quantitative estimate of drug-likeness (QED) is 0.115. The molecule has 0 aliphatic heterocycles. The Morgan fingerprint density at radius 1 is 0.310 bits per heavy atom. The molecule has 4 aromatic heterocycles. The van der Waals surface area contributed by atoms with E-state index in [1.165, 1.54) is 0 Å². The fourth-order valence-corrected chi connectivity index (χ4v) is 10.9. The SMILES string of the molecule is O=c1c2ccc3c4ccc5c6c(ccc(c7ccc(c2c37)c2nc3c7ccccc7cc7cccc(c73)n12)c46)c(=O)n1c2cccc3cc4ccccc4c(nc51)c32. The molecule has 0 N–H and O–H groups in total. The van der Waals surface area contributed by atoms with Crippen LogP contribution in [0.25, 0.3) is 141 Å². The minimum Gasteiger partial charge on any atom is -0.268 e. The minimum absolute atomic E-state index is 0.0823. The Morgan fingerprint density at radius 3 is 1.12 bits per heavy atom. The third-order valence-corrected chi connectivity index (χ3v) is 13.3. The Morgan fingerprint density at radius 2 is 0.672 bits per heavy atom. The maximum absolute atomic E-state index is 14.8. The number of fused-ring (bicyclic) bond motifs is 12. The van der Waals surface area contributed by atoms with Gasteiger partial charge in [0.15, 0.2) is 0 Å². The van der Waals surface area contributed by atoms with Crippen molar-refractivity contribution >= 4 is 141 Å². The van der Waals surface area contributed by atoms with Gasteiger partial charge in [-0.3, -0.25) is 18.4 Å².